The van der Waals surface area contributed by atoms with E-state index in [0.717, 1.165) is 5.56 Å². The van der Waals surface area contributed by atoms with Gasteiger partial charge in [0.1, 0.15) is 5.37 Å². The molecule has 0 N–H and O–H groups in total. The van der Waals surface area contributed by atoms with Crippen LogP contribution in [0, 0.1) is 0 Å². The Morgan fingerprint density at radius 1 is 1.16 bits per heavy atom. The van der Waals surface area contributed by atoms with Crippen LogP contribution in [0.4, 0.5) is 0 Å². The standard InChI is InChI=1S/C15H14N2OS/c18-14-11-19-15(13-4-2-1-3-5-13)17(14)10-12-6-8-16-9-7-12/h1-9,15H,10-11H2. The monoisotopic (exact) mass is 270 g/mol. The second-order valence-electron chi connectivity index (χ2n) is 4.45. The van der Waals surface area contributed by atoms with Gasteiger partial charge < -0.3 is 4.90 Å². The zero-order valence-electron chi connectivity index (χ0n) is 10.4. The van der Waals surface area contributed by atoms with Crippen molar-refractivity contribution in [3.63, 3.8) is 0 Å². The molecule has 1 aromatic heterocycles. The molecule has 19 heavy (non-hydrogen) atoms. The summed E-state index contributed by atoms with van der Waals surface area (Å²) in [6.45, 7) is 0.647. The van der Waals surface area contributed by atoms with Gasteiger partial charge in [-0.1, -0.05) is 30.3 Å². The number of rotatable bonds is 3. The molecule has 1 aliphatic heterocycles. The molecule has 1 saturated heterocycles. The predicted molar refractivity (Wildman–Crippen MR) is 76.4 cm³/mol. The minimum atomic E-state index is 0.127. The lowest BCUT2D eigenvalue weighted by molar-refractivity contribution is -0.128. The van der Waals surface area contributed by atoms with Crippen LogP contribution in [0.25, 0.3) is 0 Å². The fraction of sp³-hybridized carbons (Fsp3) is 0.200. The van der Waals surface area contributed by atoms with E-state index < -0.39 is 0 Å². The number of benzene rings is 1. The lowest BCUT2D eigenvalue weighted by Gasteiger charge is -2.24. The quantitative estimate of drug-likeness (QED) is 0.860. The topological polar surface area (TPSA) is 33.2 Å². The van der Waals surface area contributed by atoms with Crippen LogP contribution in [-0.4, -0.2) is 21.5 Å². The fourth-order valence-electron chi connectivity index (χ4n) is 2.20. The fourth-order valence-corrected chi connectivity index (χ4v) is 3.39. The number of carbonyl (C=O) groups is 1. The maximum absolute atomic E-state index is 12.1. The number of hydrogen-bond acceptors (Lipinski definition) is 3. The van der Waals surface area contributed by atoms with E-state index in [0.29, 0.717) is 12.3 Å². The molecule has 0 aliphatic carbocycles. The maximum atomic E-state index is 12.1. The lowest BCUT2D eigenvalue weighted by atomic mass is 10.2. The van der Waals surface area contributed by atoms with E-state index in [2.05, 4.69) is 17.1 Å². The first-order valence-electron chi connectivity index (χ1n) is 6.19. The van der Waals surface area contributed by atoms with Crippen molar-refractivity contribution in [1.29, 1.82) is 0 Å². The molecule has 4 heteroatoms. The summed E-state index contributed by atoms with van der Waals surface area (Å²) >= 11 is 1.69. The highest BCUT2D eigenvalue weighted by molar-refractivity contribution is 8.00. The molecule has 1 aromatic carbocycles. The van der Waals surface area contributed by atoms with Crippen LogP contribution in [0.1, 0.15) is 16.5 Å². The summed E-state index contributed by atoms with van der Waals surface area (Å²) in [4.78, 5) is 18.0. The Morgan fingerprint density at radius 2 is 1.89 bits per heavy atom. The first kappa shape index (κ1) is 12.2. The Balaban J connectivity index is 1.83. The molecule has 0 saturated carbocycles. The molecule has 1 aliphatic rings. The van der Waals surface area contributed by atoms with Gasteiger partial charge in [0.15, 0.2) is 0 Å². The van der Waals surface area contributed by atoms with Crippen molar-refractivity contribution in [3.05, 3.63) is 66.0 Å². The van der Waals surface area contributed by atoms with Crippen LogP contribution in [0.2, 0.25) is 0 Å². The number of thioether (sulfide) groups is 1. The van der Waals surface area contributed by atoms with Gasteiger partial charge in [-0.3, -0.25) is 9.78 Å². The van der Waals surface area contributed by atoms with E-state index >= 15 is 0 Å². The van der Waals surface area contributed by atoms with Crippen molar-refractivity contribution in [1.82, 2.24) is 9.88 Å². The second-order valence-corrected chi connectivity index (χ2v) is 5.52. The summed E-state index contributed by atoms with van der Waals surface area (Å²) in [5.41, 5.74) is 2.30. The smallest absolute Gasteiger partial charge is 0.234 e. The Labute approximate surface area is 116 Å². The summed E-state index contributed by atoms with van der Waals surface area (Å²) in [5, 5.41) is 0.127. The Kier molecular flexibility index (Phi) is 3.51. The average Bonchev–Trinajstić information content (AvgIpc) is 2.82. The number of hydrogen-bond donors (Lipinski definition) is 0. The van der Waals surface area contributed by atoms with Crippen LogP contribution in [-0.2, 0) is 11.3 Å². The van der Waals surface area contributed by atoms with Crippen molar-refractivity contribution >= 4 is 17.7 Å². The SMILES string of the molecule is O=C1CSC(c2ccccc2)N1Cc1ccncc1. The molecule has 2 aromatic rings. The van der Waals surface area contributed by atoms with Crippen LogP contribution < -0.4 is 0 Å². The molecule has 3 nitrogen and oxygen atoms in total. The summed E-state index contributed by atoms with van der Waals surface area (Å²) in [7, 11) is 0. The molecule has 96 valence electrons. The third kappa shape index (κ3) is 2.63. The minimum absolute atomic E-state index is 0.127. The van der Waals surface area contributed by atoms with Crippen molar-refractivity contribution in [3.8, 4) is 0 Å². The van der Waals surface area contributed by atoms with Crippen molar-refractivity contribution in [2.75, 3.05) is 5.75 Å². The van der Waals surface area contributed by atoms with Gasteiger partial charge in [-0.15, -0.1) is 11.8 Å². The predicted octanol–water partition coefficient (Wildman–Crippen LogP) is 2.86. The minimum Gasteiger partial charge on any atom is -0.322 e. The molecule has 3 rings (SSSR count). The molecule has 1 fully saturated rings. The lowest BCUT2D eigenvalue weighted by Crippen LogP contribution is -2.27. The van der Waals surface area contributed by atoms with Gasteiger partial charge in [-0.2, -0.15) is 0 Å². The molecule has 0 radical (unpaired) electrons. The molecular weight excluding hydrogens is 256 g/mol. The maximum Gasteiger partial charge on any atom is 0.234 e. The van der Waals surface area contributed by atoms with E-state index in [-0.39, 0.29) is 11.3 Å². The summed E-state index contributed by atoms with van der Waals surface area (Å²) in [6.07, 6.45) is 3.53. The molecular formula is C15H14N2OS. The van der Waals surface area contributed by atoms with E-state index in [1.165, 1.54) is 5.56 Å². The Morgan fingerprint density at radius 3 is 2.63 bits per heavy atom. The largest absolute Gasteiger partial charge is 0.322 e. The molecule has 1 atom stereocenters. The van der Waals surface area contributed by atoms with E-state index in [9.17, 15) is 4.79 Å². The second kappa shape index (κ2) is 5.45. The normalized spacial score (nSPS) is 18.8. The van der Waals surface area contributed by atoms with Gasteiger partial charge in [-0.05, 0) is 23.3 Å². The van der Waals surface area contributed by atoms with E-state index in [1.807, 2.05) is 35.2 Å². The third-order valence-corrected chi connectivity index (χ3v) is 4.41. The van der Waals surface area contributed by atoms with E-state index in [1.54, 1.807) is 24.2 Å². The van der Waals surface area contributed by atoms with Crippen LogP contribution >= 0.6 is 11.8 Å². The Bertz CT molecular complexity index is 559. The zero-order chi connectivity index (χ0) is 13.1. The summed E-state index contributed by atoms with van der Waals surface area (Å²) in [6, 6.07) is 14.1. The molecule has 1 amide bonds. The highest BCUT2D eigenvalue weighted by Gasteiger charge is 2.32. The summed E-state index contributed by atoms with van der Waals surface area (Å²) in [5.74, 6) is 0.764. The van der Waals surface area contributed by atoms with Crippen LogP contribution in [0.3, 0.4) is 0 Å². The van der Waals surface area contributed by atoms with Gasteiger partial charge in [0, 0.05) is 18.9 Å². The first-order chi connectivity index (χ1) is 9.34. The van der Waals surface area contributed by atoms with Crippen molar-refractivity contribution in [2.45, 2.75) is 11.9 Å². The van der Waals surface area contributed by atoms with Crippen molar-refractivity contribution < 1.29 is 4.79 Å². The zero-order valence-corrected chi connectivity index (χ0v) is 11.2. The van der Waals surface area contributed by atoms with Gasteiger partial charge >= 0.3 is 0 Å². The number of aromatic nitrogens is 1. The highest BCUT2D eigenvalue weighted by atomic mass is 32.2. The van der Waals surface area contributed by atoms with Crippen LogP contribution in [0.5, 0.6) is 0 Å². The van der Waals surface area contributed by atoms with Gasteiger partial charge in [0.05, 0.1) is 5.75 Å². The third-order valence-electron chi connectivity index (χ3n) is 3.16. The van der Waals surface area contributed by atoms with Gasteiger partial charge in [-0.25, -0.2) is 0 Å². The van der Waals surface area contributed by atoms with E-state index in [4.69, 9.17) is 0 Å². The number of carbonyl (C=O) groups excluding carboxylic acids is 1. The molecule has 1 unspecified atom stereocenters. The summed E-state index contributed by atoms with van der Waals surface area (Å²) < 4.78 is 0. The number of pyridine rings is 1. The van der Waals surface area contributed by atoms with Gasteiger partial charge in [0.25, 0.3) is 0 Å². The highest BCUT2D eigenvalue weighted by Crippen LogP contribution is 2.39. The molecule has 2 heterocycles. The Hall–Kier alpha value is -1.81. The van der Waals surface area contributed by atoms with Crippen molar-refractivity contribution in [2.24, 2.45) is 0 Å². The number of amides is 1. The van der Waals surface area contributed by atoms with Gasteiger partial charge in [0.2, 0.25) is 5.91 Å². The number of nitrogens with zero attached hydrogens (tertiary/aromatic N) is 2. The molecule has 0 spiro atoms. The first-order valence-corrected chi connectivity index (χ1v) is 7.24. The average molecular weight is 270 g/mol. The van der Waals surface area contributed by atoms with Crippen LogP contribution in [0.15, 0.2) is 54.9 Å². The molecule has 0 bridgehead atoms.